The molecular weight excluding hydrogens is 247 g/mol. The zero-order valence-electron chi connectivity index (χ0n) is 8.62. The van der Waals surface area contributed by atoms with Crippen molar-refractivity contribution in [1.29, 1.82) is 0 Å². The molecule has 1 aliphatic carbocycles. The van der Waals surface area contributed by atoms with Gasteiger partial charge in [0.25, 0.3) is 0 Å². The van der Waals surface area contributed by atoms with Crippen LogP contribution in [0.1, 0.15) is 30.9 Å². The molecule has 0 saturated heterocycles. The SMILES string of the molecule is O=C1CCC[C@H]1[C@@H](O)c1c(Cl)cccc1Cl. The molecule has 0 amide bonds. The molecular formula is C12H12Cl2O2. The first-order chi connectivity index (χ1) is 7.61. The predicted octanol–water partition coefficient (Wildman–Crippen LogP) is 3.40. The molecule has 1 fully saturated rings. The van der Waals surface area contributed by atoms with Crippen LogP contribution >= 0.6 is 23.2 Å². The van der Waals surface area contributed by atoms with E-state index in [1.807, 2.05) is 0 Å². The lowest BCUT2D eigenvalue weighted by Crippen LogP contribution is -2.17. The Morgan fingerprint density at radius 1 is 1.31 bits per heavy atom. The third kappa shape index (κ3) is 2.10. The summed E-state index contributed by atoms with van der Waals surface area (Å²) in [5.41, 5.74) is 0.478. The van der Waals surface area contributed by atoms with Crippen LogP contribution in [0.25, 0.3) is 0 Å². The highest BCUT2D eigenvalue weighted by molar-refractivity contribution is 6.36. The normalized spacial score (nSPS) is 22.4. The Balaban J connectivity index is 2.33. The van der Waals surface area contributed by atoms with Crippen molar-refractivity contribution in [2.45, 2.75) is 25.4 Å². The van der Waals surface area contributed by atoms with Crippen molar-refractivity contribution in [3.8, 4) is 0 Å². The Kier molecular flexibility index (Phi) is 3.53. The number of carbonyl (C=O) groups is 1. The van der Waals surface area contributed by atoms with Crippen LogP contribution in [0.15, 0.2) is 18.2 Å². The van der Waals surface area contributed by atoms with Crippen LogP contribution in [0.3, 0.4) is 0 Å². The first-order valence-corrected chi connectivity index (χ1v) is 6.01. The number of aliphatic hydroxyl groups is 1. The average molecular weight is 259 g/mol. The van der Waals surface area contributed by atoms with Crippen LogP contribution in [0, 0.1) is 5.92 Å². The molecule has 0 bridgehead atoms. The molecule has 1 N–H and O–H groups in total. The van der Waals surface area contributed by atoms with E-state index < -0.39 is 6.10 Å². The lowest BCUT2D eigenvalue weighted by molar-refractivity contribution is -0.123. The van der Waals surface area contributed by atoms with Gasteiger partial charge in [-0.25, -0.2) is 0 Å². The monoisotopic (exact) mass is 258 g/mol. The van der Waals surface area contributed by atoms with Gasteiger partial charge in [-0.1, -0.05) is 29.3 Å². The molecule has 0 unspecified atom stereocenters. The minimum atomic E-state index is -0.879. The Morgan fingerprint density at radius 3 is 2.44 bits per heavy atom. The van der Waals surface area contributed by atoms with Crippen molar-refractivity contribution in [3.63, 3.8) is 0 Å². The van der Waals surface area contributed by atoms with Crippen LogP contribution in [-0.2, 0) is 4.79 Å². The number of hydrogen-bond donors (Lipinski definition) is 1. The van der Waals surface area contributed by atoms with E-state index in [2.05, 4.69) is 0 Å². The number of hydrogen-bond acceptors (Lipinski definition) is 2. The van der Waals surface area contributed by atoms with Crippen molar-refractivity contribution in [2.24, 2.45) is 5.92 Å². The van der Waals surface area contributed by atoms with Gasteiger partial charge in [0.05, 0.1) is 6.10 Å². The van der Waals surface area contributed by atoms with Crippen LogP contribution in [0.5, 0.6) is 0 Å². The predicted molar refractivity (Wildman–Crippen MR) is 63.8 cm³/mol. The van der Waals surface area contributed by atoms with Crippen LogP contribution < -0.4 is 0 Å². The number of rotatable bonds is 2. The molecule has 1 aromatic carbocycles. The Labute approximate surface area is 104 Å². The summed E-state index contributed by atoms with van der Waals surface area (Å²) >= 11 is 12.0. The van der Waals surface area contributed by atoms with E-state index in [9.17, 15) is 9.90 Å². The van der Waals surface area contributed by atoms with Crippen molar-refractivity contribution in [3.05, 3.63) is 33.8 Å². The van der Waals surface area contributed by atoms with Gasteiger partial charge in [-0.3, -0.25) is 4.79 Å². The zero-order chi connectivity index (χ0) is 11.7. The molecule has 2 rings (SSSR count). The van der Waals surface area contributed by atoms with E-state index in [4.69, 9.17) is 23.2 Å². The fraction of sp³-hybridized carbons (Fsp3) is 0.417. The van der Waals surface area contributed by atoms with Gasteiger partial charge in [0, 0.05) is 27.9 Å². The first-order valence-electron chi connectivity index (χ1n) is 5.26. The van der Waals surface area contributed by atoms with Gasteiger partial charge in [-0.05, 0) is 25.0 Å². The number of aliphatic hydroxyl groups excluding tert-OH is 1. The van der Waals surface area contributed by atoms with Gasteiger partial charge in [-0.15, -0.1) is 0 Å². The fourth-order valence-corrected chi connectivity index (χ4v) is 2.79. The van der Waals surface area contributed by atoms with Crippen molar-refractivity contribution >= 4 is 29.0 Å². The zero-order valence-corrected chi connectivity index (χ0v) is 10.1. The number of Topliss-reactive ketones (excluding diaryl/α,β-unsaturated/α-hetero) is 1. The number of halogens is 2. The summed E-state index contributed by atoms with van der Waals surface area (Å²) in [6.45, 7) is 0. The van der Waals surface area contributed by atoms with E-state index in [-0.39, 0.29) is 11.7 Å². The Bertz CT molecular complexity index is 397. The summed E-state index contributed by atoms with van der Waals surface area (Å²) in [6.07, 6.45) is 1.21. The minimum Gasteiger partial charge on any atom is -0.388 e. The second kappa shape index (κ2) is 4.74. The molecule has 0 spiro atoms. The van der Waals surface area contributed by atoms with E-state index >= 15 is 0 Å². The van der Waals surface area contributed by atoms with Gasteiger partial charge >= 0.3 is 0 Å². The third-order valence-corrected chi connectivity index (χ3v) is 3.69. The van der Waals surface area contributed by atoms with Crippen LogP contribution in [-0.4, -0.2) is 10.9 Å². The highest BCUT2D eigenvalue weighted by Crippen LogP contribution is 2.39. The molecule has 0 aromatic heterocycles. The van der Waals surface area contributed by atoms with Crippen LogP contribution in [0.4, 0.5) is 0 Å². The average Bonchev–Trinajstić information content (AvgIpc) is 2.64. The second-order valence-corrected chi connectivity index (χ2v) is 4.86. The smallest absolute Gasteiger partial charge is 0.138 e. The van der Waals surface area contributed by atoms with Gasteiger partial charge in [-0.2, -0.15) is 0 Å². The summed E-state index contributed by atoms with van der Waals surface area (Å²) in [6, 6.07) is 5.06. The van der Waals surface area contributed by atoms with E-state index in [1.54, 1.807) is 18.2 Å². The van der Waals surface area contributed by atoms with Crippen molar-refractivity contribution in [2.75, 3.05) is 0 Å². The largest absolute Gasteiger partial charge is 0.388 e. The number of benzene rings is 1. The third-order valence-electron chi connectivity index (χ3n) is 3.03. The van der Waals surface area contributed by atoms with Gasteiger partial charge in [0.2, 0.25) is 0 Å². The molecule has 0 aliphatic heterocycles. The quantitative estimate of drug-likeness (QED) is 0.883. The molecule has 16 heavy (non-hydrogen) atoms. The first kappa shape index (κ1) is 11.9. The summed E-state index contributed by atoms with van der Waals surface area (Å²) in [4.78, 5) is 11.6. The molecule has 86 valence electrons. The standard InChI is InChI=1S/C12H12Cl2O2/c13-8-4-2-5-9(14)11(8)12(16)7-3-1-6-10(7)15/h2,4-5,7,12,16H,1,3,6H2/t7-,12-/m1/s1. The number of carbonyl (C=O) groups excluding carboxylic acids is 1. The lowest BCUT2D eigenvalue weighted by Gasteiger charge is -2.19. The highest BCUT2D eigenvalue weighted by atomic mass is 35.5. The maximum absolute atomic E-state index is 11.6. The Hall–Kier alpha value is -0.570. The number of ketones is 1. The Morgan fingerprint density at radius 2 is 1.94 bits per heavy atom. The van der Waals surface area contributed by atoms with E-state index in [1.165, 1.54) is 0 Å². The summed E-state index contributed by atoms with van der Waals surface area (Å²) in [7, 11) is 0. The molecule has 1 saturated carbocycles. The molecule has 0 heterocycles. The summed E-state index contributed by atoms with van der Waals surface area (Å²) < 4.78 is 0. The maximum Gasteiger partial charge on any atom is 0.138 e. The van der Waals surface area contributed by atoms with E-state index in [0.29, 0.717) is 28.5 Å². The van der Waals surface area contributed by atoms with Crippen LogP contribution in [0.2, 0.25) is 10.0 Å². The molecule has 2 atom stereocenters. The summed E-state index contributed by atoms with van der Waals surface area (Å²) in [5, 5.41) is 11.0. The van der Waals surface area contributed by atoms with Crippen molar-refractivity contribution < 1.29 is 9.90 Å². The molecule has 0 radical (unpaired) electrons. The highest BCUT2D eigenvalue weighted by Gasteiger charge is 2.33. The second-order valence-electron chi connectivity index (χ2n) is 4.05. The van der Waals surface area contributed by atoms with E-state index in [0.717, 1.165) is 6.42 Å². The minimum absolute atomic E-state index is 0.100. The molecule has 1 aliphatic rings. The van der Waals surface area contributed by atoms with Crippen molar-refractivity contribution in [1.82, 2.24) is 0 Å². The molecule has 4 heteroatoms. The fourth-order valence-electron chi connectivity index (χ4n) is 2.17. The lowest BCUT2D eigenvalue weighted by atomic mass is 9.93. The maximum atomic E-state index is 11.6. The molecule has 2 nitrogen and oxygen atoms in total. The summed E-state index contributed by atoms with van der Waals surface area (Å²) in [5.74, 6) is -0.249. The molecule has 1 aromatic rings. The van der Waals surface area contributed by atoms with Gasteiger partial charge in [0.1, 0.15) is 5.78 Å². The van der Waals surface area contributed by atoms with Gasteiger partial charge in [0.15, 0.2) is 0 Å². The topological polar surface area (TPSA) is 37.3 Å². The van der Waals surface area contributed by atoms with Gasteiger partial charge < -0.3 is 5.11 Å².